The summed E-state index contributed by atoms with van der Waals surface area (Å²) < 4.78 is 10.5. The fraction of sp³-hybridized carbons (Fsp3) is 0.562. The van der Waals surface area contributed by atoms with Gasteiger partial charge in [-0.2, -0.15) is 0 Å². The highest BCUT2D eigenvalue weighted by molar-refractivity contribution is 5.93. The summed E-state index contributed by atoms with van der Waals surface area (Å²) in [5, 5.41) is 6.50. The zero-order valence-electron chi connectivity index (χ0n) is 12.3. The van der Waals surface area contributed by atoms with E-state index in [4.69, 9.17) is 9.47 Å². The van der Waals surface area contributed by atoms with Crippen LogP contribution in [0.1, 0.15) is 19.3 Å². The Bertz CT molecular complexity index is 506. The first-order chi connectivity index (χ1) is 10.3. The third-order valence-corrected chi connectivity index (χ3v) is 4.29. The first-order valence-corrected chi connectivity index (χ1v) is 7.55. The van der Waals surface area contributed by atoms with Gasteiger partial charge in [0.1, 0.15) is 12.4 Å². The normalized spacial score (nSPS) is 26.8. The molecule has 3 unspecified atom stereocenters. The van der Waals surface area contributed by atoms with Crippen molar-refractivity contribution in [1.82, 2.24) is 5.32 Å². The van der Waals surface area contributed by atoms with Crippen LogP contribution in [0.5, 0.6) is 5.75 Å². The van der Waals surface area contributed by atoms with Crippen LogP contribution in [0.4, 0.5) is 5.69 Å². The van der Waals surface area contributed by atoms with Gasteiger partial charge < -0.3 is 20.1 Å². The molecule has 0 radical (unpaired) electrons. The third kappa shape index (κ3) is 3.36. The number of anilines is 1. The van der Waals surface area contributed by atoms with Gasteiger partial charge in [-0.3, -0.25) is 4.79 Å². The van der Waals surface area contributed by atoms with Crippen LogP contribution >= 0.6 is 0 Å². The highest BCUT2D eigenvalue weighted by Crippen LogP contribution is 2.34. The summed E-state index contributed by atoms with van der Waals surface area (Å²) in [6, 6.07) is 8.41. The van der Waals surface area contributed by atoms with E-state index in [2.05, 4.69) is 10.6 Å². The molecule has 2 saturated heterocycles. The van der Waals surface area contributed by atoms with Crippen LogP contribution in [0.2, 0.25) is 0 Å². The molecule has 21 heavy (non-hydrogen) atoms. The number of hydrogen-bond acceptors (Lipinski definition) is 4. The fourth-order valence-corrected chi connectivity index (χ4v) is 3.26. The average Bonchev–Trinajstić information content (AvgIpc) is 3.11. The van der Waals surface area contributed by atoms with Gasteiger partial charge in [0, 0.05) is 30.9 Å². The van der Waals surface area contributed by atoms with E-state index in [0.717, 1.165) is 24.3 Å². The van der Waals surface area contributed by atoms with Crippen molar-refractivity contribution in [3.63, 3.8) is 0 Å². The molecule has 1 aromatic rings. The van der Waals surface area contributed by atoms with Gasteiger partial charge in [0.05, 0.1) is 12.5 Å². The molecule has 2 heterocycles. The molecule has 2 fully saturated rings. The number of nitrogens with one attached hydrogen (secondary N) is 2. The van der Waals surface area contributed by atoms with E-state index in [1.54, 1.807) is 7.11 Å². The molecule has 3 atom stereocenters. The number of carbonyl (C=O) groups excluding carboxylic acids is 1. The molecule has 2 bridgehead atoms. The van der Waals surface area contributed by atoms with Crippen LogP contribution in [-0.2, 0) is 9.53 Å². The minimum absolute atomic E-state index is 0.0989. The van der Waals surface area contributed by atoms with Crippen molar-refractivity contribution in [1.29, 1.82) is 0 Å². The molecule has 5 heteroatoms. The van der Waals surface area contributed by atoms with E-state index in [0.29, 0.717) is 25.3 Å². The number of benzene rings is 1. The van der Waals surface area contributed by atoms with Crippen LogP contribution in [0.25, 0.3) is 0 Å². The van der Waals surface area contributed by atoms with E-state index in [-0.39, 0.29) is 11.8 Å². The van der Waals surface area contributed by atoms with Crippen molar-refractivity contribution in [2.24, 2.45) is 5.92 Å². The van der Waals surface area contributed by atoms with Gasteiger partial charge in [-0.1, -0.05) is 6.07 Å². The molecule has 0 aromatic heterocycles. The molecule has 0 saturated carbocycles. The van der Waals surface area contributed by atoms with Gasteiger partial charge in [0.25, 0.3) is 0 Å². The van der Waals surface area contributed by atoms with Crippen LogP contribution in [0.15, 0.2) is 24.3 Å². The zero-order valence-corrected chi connectivity index (χ0v) is 12.3. The lowest BCUT2D eigenvalue weighted by Crippen LogP contribution is -2.32. The van der Waals surface area contributed by atoms with E-state index in [1.165, 1.54) is 6.42 Å². The zero-order chi connectivity index (χ0) is 14.7. The van der Waals surface area contributed by atoms with Crippen molar-refractivity contribution >= 4 is 11.6 Å². The van der Waals surface area contributed by atoms with Crippen molar-refractivity contribution in [2.75, 3.05) is 25.6 Å². The summed E-state index contributed by atoms with van der Waals surface area (Å²) in [7, 11) is 1.64. The van der Waals surface area contributed by atoms with Crippen LogP contribution in [0.3, 0.4) is 0 Å². The Morgan fingerprint density at radius 2 is 2.29 bits per heavy atom. The number of methoxy groups -OCH3 is 1. The average molecular weight is 290 g/mol. The van der Waals surface area contributed by atoms with Gasteiger partial charge in [-0.25, -0.2) is 0 Å². The van der Waals surface area contributed by atoms with Gasteiger partial charge in [-0.05, 0) is 31.4 Å². The highest BCUT2D eigenvalue weighted by Gasteiger charge is 2.42. The Morgan fingerprint density at radius 3 is 3.00 bits per heavy atom. The standard InChI is InChI=1S/C16H22N2O3/c1-20-7-8-21-13-4-2-3-11(9-13)18-16(19)14-10-12-5-6-15(14)17-12/h2-4,9,12,14-15,17H,5-8,10H2,1H3,(H,18,19). The van der Waals surface area contributed by atoms with Crippen LogP contribution in [-0.4, -0.2) is 38.3 Å². The molecular weight excluding hydrogens is 268 g/mol. The van der Waals surface area contributed by atoms with E-state index >= 15 is 0 Å². The van der Waals surface area contributed by atoms with Gasteiger partial charge in [-0.15, -0.1) is 0 Å². The number of ether oxygens (including phenoxy) is 2. The fourth-order valence-electron chi connectivity index (χ4n) is 3.26. The molecular formula is C16H22N2O3. The van der Waals surface area contributed by atoms with Crippen molar-refractivity contribution < 1.29 is 14.3 Å². The Morgan fingerprint density at radius 1 is 1.38 bits per heavy atom. The van der Waals surface area contributed by atoms with E-state index in [1.807, 2.05) is 24.3 Å². The van der Waals surface area contributed by atoms with Gasteiger partial charge in [0.15, 0.2) is 0 Å². The molecule has 3 rings (SSSR count). The molecule has 114 valence electrons. The number of hydrogen-bond donors (Lipinski definition) is 2. The summed E-state index contributed by atoms with van der Waals surface area (Å²) in [6.45, 7) is 1.05. The van der Waals surface area contributed by atoms with Crippen molar-refractivity contribution in [2.45, 2.75) is 31.3 Å². The largest absolute Gasteiger partial charge is 0.491 e. The molecule has 5 nitrogen and oxygen atoms in total. The first-order valence-electron chi connectivity index (χ1n) is 7.55. The molecule has 1 aromatic carbocycles. The summed E-state index contributed by atoms with van der Waals surface area (Å²) in [4.78, 5) is 12.4. The van der Waals surface area contributed by atoms with Crippen molar-refractivity contribution in [3.05, 3.63) is 24.3 Å². The second-order valence-electron chi connectivity index (χ2n) is 5.75. The Hall–Kier alpha value is -1.59. The minimum Gasteiger partial charge on any atom is -0.491 e. The summed E-state index contributed by atoms with van der Waals surface area (Å²) >= 11 is 0. The monoisotopic (exact) mass is 290 g/mol. The molecule has 2 N–H and O–H groups in total. The smallest absolute Gasteiger partial charge is 0.229 e. The second-order valence-corrected chi connectivity index (χ2v) is 5.75. The number of fused-ring (bicyclic) bond motifs is 2. The maximum absolute atomic E-state index is 12.4. The predicted octanol–water partition coefficient (Wildman–Crippen LogP) is 1.79. The lowest BCUT2D eigenvalue weighted by molar-refractivity contribution is -0.120. The van der Waals surface area contributed by atoms with Crippen LogP contribution in [0, 0.1) is 5.92 Å². The molecule has 0 aliphatic carbocycles. The van der Waals surface area contributed by atoms with E-state index < -0.39 is 0 Å². The van der Waals surface area contributed by atoms with E-state index in [9.17, 15) is 4.79 Å². The Labute approximate surface area is 125 Å². The Balaban J connectivity index is 1.57. The quantitative estimate of drug-likeness (QED) is 0.784. The maximum atomic E-state index is 12.4. The molecule has 2 aliphatic heterocycles. The first kappa shape index (κ1) is 14.4. The summed E-state index contributed by atoms with van der Waals surface area (Å²) in [5.74, 6) is 0.960. The summed E-state index contributed by atoms with van der Waals surface area (Å²) in [6.07, 6.45) is 3.28. The predicted molar refractivity (Wildman–Crippen MR) is 80.5 cm³/mol. The maximum Gasteiger partial charge on any atom is 0.229 e. The second kappa shape index (κ2) is 6.45. The lowest BCUT2D eigenvalue weighted by atomic mass is 9.88. The molecule has 0 spiro atoms. The molecule has 1 amide bonds. The molecule has 2 aliphatic rings. The van der Waals surface area contributed by atoms with Crippen molar-refractivity contribution in [3.8, 4) is 5.75 Å². The number of carbonyl (C=O) groups is 1. The van der Waals surface area contributed by atoms with Gasteiger partial charge in [0.2, 0.25) is 5.91 Å². The topological polar surface area (TPSA) is 59.6 Å². The summed E-state index contributed by atoms with van der Waals surface area (Å²) in [5.41, 5.74) is 0.790. The van der Waals surface area contributed by atoms with Crippen LogP contribution < -0.4 is 15.4 Å². The minimum atomic E-state index is 0.0989. The number of rotatable bonds is 6. The Kier molecular flexibility index (Phi) is 4.41. The third-order valence-electron chi connectivity index (χ3n) is 4.29. The lowest BCUT2D eigenvalue weighted by Gasteiger charge is -2.19. The SMILES string of the molecule is COCCOc1cccc(NC(=O)C2CC3CCC2N3)c1. The number of amides is 1. The highest BCUT2D eigenvalue weighted by atomic mass is 16.5. The van der Waals surface area contributed by atoms with Gasteiger partial charge >= 0.3 is 0 Å².